The van der Waals surface area contributed by atoms with Gasteiger partial charge in [-0.05, 0) is 42.0 Å². The largest absolute Gasteiger partial charge is 0.442 e. The molecular weight excluding hydrogens is 473 g/mol. The SMILES string of the molecule is CC(=O)NC[C@H]1CN(c2cc(F)c(-c3ccc(-c4nc5ccccc5n4C)c(F)c3)c(F)c2)C(=O)O1. The Balaban J connectivity index is 1.44. The Labute approximate surface area is 204 Å². The molecular formula is C26H21F3N4O3. The van der Waals surface area contributed by atoms with Crippen LogP contribution in [0.4, 0.5) is 23.7 Å². The fraction of sp³-hybridized carbons (Fsp3) is 0.192. The predicted molar refractivity (Wildman–Crippen MR) is 128 cm³/mol. The zero-order valence-electron chi connectivity index (χ0n) is 19.4. The topological polar surface area (TPSA) is 76.5 Å². The molecule has 184 valence electrons. The molecule has 1 aromatic heterocycles. The van der Waals surface area contributed by atoms with Crippen LogP contribution in [0.1, 0.15) is 6.92 Å². The van der Waals surface area contributed by atoms with Crippen molar-refractivity contribution in [2.24, 2.45) is 7.05 Å². The van der Waals surface area contributed by atoms with Crippen molar-refractivity contribution in [3.63, 3.8) is 0 Å². The summed E-state index contributed by atoms with van der Waals surface area (Å²) < 4.78 is 52.2. The number of carbonyl (C=O) groups excluding carboxylic acids is 2. The smallest absolute Gasteiger partial charge is 0.414 e. The number of hydrogen-bond donors (Lipinski definition) is 1. The van der Waals surface area contributed by atoms with Crippen molar-refractivity contribution >= 4 is 28.7 Å². The van der Waals surface area contributed by atoms with E-state index in [-0.39, 0.29) is 35.8 Å². The first-order valence-electron chi connectivity index (χ1n) is 11.2. The predicted octanol–water partition coefficient (Wildman–Crippen LogP) is 4.79. The second kappa shape index (κ2) is 9.03. The minimum Gasteiger partial charge on any atom is -0.442 e. The highest BCUT2D eigenvalue weighted by Gasteiger charge is 2.33. The van der Waals surface area contributed by atoms with Gasteiger partial charge in [0.1, 0.15) is 29.4 Å². The number of fused-ring (bicyclic) bond motifs is 1. The lowest BCUT2D eigenvalue weighted by Gasteiger charge is -2.16. The number of cyclic esters (lactones) is 1. The van der Waals surface area contributed by atoms with Gasteiger partial charge in [0, 0.05) is 14.0 Å². The molecule has 0 spiro atoms. The monoisotopic (exact) mass is 494 g/mol. The van der Waals surface area contributed by atoms with E-state index in [9.17, 15) is 9.59 Å². The summed E-state index contributed by atoms with van der Waals surface area (Å²) in [6.45, 7) is 1.42. The average Bonchev–Trinajstić information content (AvgIpc) is 3.37. The number of nitrogens with zero attached hydrogens (tertiary/aromatic N) is 3. The molecule has 3 aromatic carbocycles. The van der Waals surface area contributed by atoms with Crippen LogP contribution in [0.15, 0.2) is 54.6 Å². The normalized spacial score (nSPS) is 15.4. The van der Waals surface area contributed by atoms with E-state index >= 15 is 13.2 Å². The van der Waals surface area contributed by atoms with Gasteiger partial charge in [0.05, 0.1) is 40.9 Å². The maximum Gasteiger partial charge on any atom is 0.414 e. The molecule has 1 aliphatic rings. The Morgan fingerprint density at radius 1 is 1.08 bits per heavy atom. The van der Waals surface area contributed by atoms with Gasteiger partial charge >= 0.3 is 6.09 Å². The fourth-order valence-corrected chi connectivity index (χ4v) is 4.33. The summed E-state index contributed by atoms with van der Waals surface area (Å²) in [6.07, 6.45) is -1.44. The number of benzene rings is 3. The average molecular weight is 494 g/mol. The lowest BCUT2D eigenvalue weighted by molar-refractivity contribution is -0.119. The third-order valence-corrected chi connectivity index (χ3v) is 6.08. The molecule has 0 radical (unpaired) electrons. The molecule has 1 fully saturated rings. The highest BCUT2D eigenvalue weighted by atomic mass is 19.1. The zero-order chi connectivity index (χ0) is 25.6. The minimum absolute atomic E-state index is 0.00379. The van der Waals surface area contributed by atoms with Crippen molar-refractivity contribution in [1.82, 2.24) is 14.9 Å². The molecule has 0 aliphatic carbocycles. The van der Waals surface area contributed by atoms with Crippen LogP contribution < -0.4 is 10.2 Å². The van der Waals surface area contributed by atoms with E-state index in [0.29, 0.717) is 11.3 Å². The number of imidazole rings is 1. The number of halogens is 3. The van der Waals surface area contributed by atoms with Gasteiger partial charge < -0.3 is 14.6 Å². The van der Waals surface area contributed by atoms with Crippen LogP contribution in [-0.2, 0) is 16.6 Å². The molecule has 1 atom stereocenters. The highest BCUT2D eigenvalue weighted by molar-refractivity contribution is 5.90. The molecule has 4 aromatic rings. The van der Waals surface area contributed by atoms with Gasteiger partial charge in [-0.15, -0.1) is 0 Å². The molecule has 0 saturated carbocycles. The van der Waals surface area contributed by atoms with Crippen molar-refractivity contribution in [2.45, 2.75) is 13.0 Å². The molecule has 0 bridgehead atoms. The Bertz CT molecular complexity index is 1490. The van der Waals surface area contributed by atoms with E-state index < -0.39 is 35.2 Å². The quantitative estimate of drug-likeness (QED) is 0.433. The first kappa shape index (κ1) is 23.4. The van der Waals surface area contributed by atoms with Gasteiger partial charge in [-0.2, -0.15) is 0 Å². The summed E-state index contributed by atoms with van der Waals surface area (Å²) >= 11 is 0. The van der Waals surface area contributed by atoms with Crippen molar-refractivity contribution in [3.8, 4) is 22.5 Å². The van der Waals surface area contributed by atoms with Crippen LogP contribution in [0, 0.1) is 17.5 Å². The second-order valence-corrected chi connectivity index (χ2v) is 8.52. The Hall–Kier alpha value is -4.34. The molecule has 0 unspecified atom stereocenters. The van der Waals surface area contributed by atoms with Gasteiger partial charge in [0.25, 0.3) is 0 Å². The van der Waals surface area contributed by atoms with Crippen LogP contribution in [0.25, 0.3) is 33.5 Å². The lowest BCUT2D eigenvalue weighted by atomic mass is 10.0. The second-order valence-electron chi connectivity index (χ2n) is 8.52. The summed E-state index contributed by atoms with van der Waals surface area (Å²) in [4.78, 5) is 28.8. The first-order valence-corrected chi connectivity index (χ1v) is 11.2. The molecule has 10 heteroatoms. The van der Waals surface area contributed by atoms with Gasteiger partial charge in [-0.1, -0.05) is 18.2 Å². The number of hydrogen-bond acceptors (Lipinski definition) is 4. The zero-order valence-corrected chi connectivity index (χ0v) is 19.4. The lowest BCUT2D eigenvalue weighted by Crippen LogP contribution is -2.33. The number of para-hydroxylation sites is 2. The third-order valence-electron chi connectivity index (χ3n) is 6.08. The number of amides is 2. The van der Waals surface area contributed by atoms with Crippen LogP contribution in [0.3, 0.4) is 0 Å². The first-order chi connectivity index (χ1) is 17.2. The van der Waals surface area contributed by atoms with Crippen LogP contribution in [0.2, 0.25) is 0 Å². The minimum atomic E-state index is -0.960. The van der Waals surface area contributed by atoms with Crippen LogP contribution >= 0.6 is 0 Å². The number of aromatic nitrogens is 2. The third kappa shape index (κ3) is 4.15. The van der Waals surface area contributed by atoms with E-state index in [4.69, 9.17) is 4.74 Å². The Morgan fingerprint density at radius 2 is 1.81 bits per heavy atom. The van der Waals surface area contributed by atoms with Crippen molar-refractivity contribution in [3.05, 3.63) is 72.0 Å². The van der Waals surface area contributed by atoms with Gasteiger partial charge in [-0.3, -0.25) is 9.69 Å². The van der Waals surface area contributed by atoms with E-state index in [1.54, 1.807) is 11.6 Å². The molecule has 2 heterocycles. The summed E-state index contributed by atoms with van der Waals surface area (Å²) in [6, 6.07) is 13.3. The van der Waals surface area contributed by atoms with Crippen molar-refractivity contribution in [2.75, 3.05) is 18.0 Å². The van der Waals surface area contributed by atoms with Crippen LogP contribution in [-0.4, -0.2) is 40.7 Å². The van der Waals surface area contributed by atoms with Crippen molar-refractivity contribution in [1.29, 1.82) is 0 Å². The van der Waals surface area contributed by atoms with E-state index in [0.717, 1.165) is 28.6 Å². The molecule has 1 N–H and O–H groups in total. The molecule has 1 saturated heterocycles. The summed E-state index contributed by atoms with van der Waals surface area (Å²) in [5.41, 5.74) is 1.26. The number of carbonyl (C=O) groups is 2. The van der Waals surface area contributed by atoms with Gasteiger partial charge in [0.15, 0.2) is 0 Å². The maximum atomic E-state index is 15.1. The fourth-order valence-electron chi connectivity index (χ4n) is 4.33. The summed E-state index contributed by atoms with van der Waals surface area (Å²) in [7, 11) is 1.76. The molecule has 2 amide bonds. The molecule has 1 aliphatic heterocycles. The molecule has 7 nitrogen and oxygen atoms in total. The number of aryl methyl sites for hydroxylation is 1. The molecule has 36 heavy (non-hydrogen) atoms. The van der Waals surface area contributed by atoms with Gasteiger partial charge in [-0.25, -0.2) is 22.9 Å². The summed E-state index contributed by atoms with van der Waals surface area (Å²) in [5, 5.41) is 2.53. The Morgan fingerprint density at radius 3 is 2.47 bits per heavy atom. The number of ether oxygens (including phenoxy) is 1. The highest BCUT2D eigenvalue weighted by Crippen LogP contribution is 2.34. The van der Waals surface area contributed by atoms with E-state index in [2.05, 4.69) is 10.3 Å². The standard InChI is InChI=1S/C26H21F3N4O3/c1-14(34)30-12-17-13-33(26(35)36-17)16-10-20(28)24(21(29)11-16)15-7-8-18(19(27)9-15)25-31-22-5-3-4-6-23(22)32(25)2/h3-11,17H,12-13H2,1-2H3,(H,30,34)/t17-/m0/s1. The van der Waals surface area contributed by atoms with Crippen LogP contribution in [0.5, 0.6) is 0 Å². The van der Waals surface area contributed by atoms with E-state index in [1.807, 2.05) is 24.3 Å². The van der Waals surface area contributed by atoms with Crippen molar-refractivity contribution < 1.29 is 27.5 Å². The number of rotatable bonds is 5. The molecule has 5 rings (SSSR count). The number of nitrogens with one attached hydrogen (secondary N) is 1. The maximum absolute atomic E-state index is 15.1. The number of anilines is 1. The summed E-state index contributed by atoms with van der Waals surface area (Å²) in [5.74, 6) is -2.51. The van der Waals surface area contributed by atoms with Gasteiger partial charge in [0.2, 0.25) is 5.91 Å². The van der Waals surface area contributed by atoms with E-state index in [1.165, 1.54) is 19.1 Å². The Kier molecular flexibility index (Phi) is 5.87.